The molecule has 1 rings (SSSR count). The van der Waals surface area contributed by atoms with Crippen molar-refractivity contribution in [3.8, 4) is 0 Å². The maximum absolute atomic E-state index is 12.6. The molecule has 0 aliphatic rings. The van der Waals surface area contributed by atoms with Crippen molar-refractivity contribution in [3.63, 3.8) is 0 Å². The first kappa shape index (κ1) is 12.7. The van der Waals surface area contributed by atoms with Crippen LogP contribution in [0.3, 0.4) is 0 Å². The van der Waals surface area contributed by atoms with Crippen LogP contribution in [-0.2, 0) is 0 Å². The van der Waals surface area contributed by atoms with Gasteiger partial charge in [0.25, 0.3) is 0 Å². The lowest BCUT2D eigenvalue weighted by Crippen LogP contribution is -2.33. The average Bonchev–Trinajstić information content (AvgIpc) is 2.69. The second-order valence-electron chi connectivity index (χ2n) is 2.86. The third-order valence-electron chi connectivity index (χ3n) is 1.71. The van der Waals surface area contributed by atoms with Crippen molar-refractivity contribution in [1.82, 2.24) is 0 Å². The molecule has 0 bridgehead atoms. The minimum absolute atomic E-state index is 0.160. The molecule has 88 valence electrons. The number of nitrogens with two attached hydrogens (primary N) is 1. The molecule has 0 amide bonds. The van der Waals surface area contributed by atoms with E-state index in [-0.39, 0.29) is 4.88 Å². The lowest BCUT2D eigenvalue weighted by atomic mass is 10.2. The molecule has 0 aromatic carbocycles. The number of alkyl halides is 4. The standard InChI is InChI=1S/C9H7F4NOS/c10-8(11)9(12,13)7(14)4-5(15)6-2-1-3-16-6/h1-4,8H,14H2/b7-4-. The second-order valence-corrected chi connectivity index (χ2v) is 3.81. The van der Waals surface area contributed by atoms with Crippen LogP contribution in [0.15, 0.2) is 29.3 Å². The first-order valence-electron chi connectivity index (χ1n) is 4.07. The molecule has 1 aromatic heterocycles. The van der Waals surface area contributed by atoms with Gasteiger partial charge in [-0.2, -0.15) is 8.78 Å². The Morgan fingerprint density at radius 2 is 2.12 bits per heavy atom. The van der Waals surface area contributed by atoms with Gasteiger partial charge in [0.15, 0.2) is 5.78 Å². The molecule has 1 aromatic rings. The van der Waals surface area contributed by atoms with Crippen LogP contribution in [0.1, 0.15) is 9.67 Å². The average molecular weight is 253 g/mol. The van der Waals surface area contributed by atoms with E-state index < -0.39 is 23.8 Å². The van der Waals surface area contributed by atoms with Crippen LogP contribution in [-0.4, -0.2) is 18.1 Å². The third-order valence-corrected chi connectivity index (χ3v) is 2.59. The maximum atomic E-state index is 12.6. The van der Waals surface area contributed by atoms with Crippen LogP contribution in [0.2, 0.25) is 0 Å². The number of hydrogen-bond acceptors (Lipinski definition) is 3. The van der Waals surface area contributed by atoms with Gasteiger partial charge >= 0.3 is 12.3 Å². The van der Waals surface area contributed by atoms with Crippen LogP contribution in [0.4, 0.5) is 17.6 Å². The molecule has 2 nitrogen and oxygen atoms in total. The monoisotopic (exact) mass is 253 g/mol. The quantitative estimate of drug-likeness (QED) is 0.509. The minimum Gasteiger partial charge on any atom is -0.397 e. The van der Waals surface area contributed by atoms with Gasteiger partial charge in [0, 0.05) is 6.08 Å². The number of halogens is 4. The number of carbonyl (C=O) groups excluding carboxylic acids is 1. The second kappa shape index (κ2) is 4.65. The Morgan fingerprint density at radius 1 is 1.50 bits per heavy atom. The number of ketones is 1. The molecule has 0 atom stereocenters. The van der Waals surface area contributed by atoms with E-state index in [1.165, 1.54) is 12.1 Å². The Labute approximate surface area is 92.4 Å². The van der Waals surface area contributed by atoms with Crippen LogP contribution in [0.25, 0.3) is 0 Å². The summed E-state index contributed by atoms with van der Waals surface area (Å²) < 4.78 is 49.1. The highest BCUT2D eigenvalue weighted by Gasteiger charge is 2.43. The van der Waals surface area contributed by atoms with Crippen molar-refractivity contribution >= 4 is 17.1 Å². The Bertz CT molecular complexity index is 400. The van der Waals surface area contributed by atoms with E-state index in [0.717, 1.165) is 11.3 Å². The van der Waals surface area contributed by atoms with Gasteiger partial charge in [-0.05, 0) is 11.4 Å². The zero-order valence-electron chi connectivity index (χ0n) is 7.79. The summed E-state index contributed by atoms with van der Waals surface area (Å²) in [4.78, 5) is 11.4. The largest absolute Gasteiger partial charge is 0.397 e. The molecule has 0 spiro atoms. The van der Waals surface area contributed by atoms with Crippen LogP contribution in [0, 0.1) is 0 Å². The zero-order valence-corrected chi connectivity index (χ0v) is 8.61. The molecule has 2 N–H and O–H groups in total. The molecule has 0 aliphatic carbocycles. The molecular formula is C9H7F4NOS. The zero-order chi connectivity index (χ0) is 12.3. The van der Waals surface area contributed by atoms with Crippen molar-refractivity contribution in [3.05, 3.63) is 34.2 Å². The first-order chi connectivity index (χ1) is 7.35. The summed E-state index contributed by atoms with van der Waals surface area (Å²) in [6.45, 7) is 0. The summed E-state index contributed by atoms with van der Waals surface area (Å²) in [6, 6.07) is 2.92. The summed E-state index contributed by atoms with van der Waals surface area (Å²) in [7, 11) is 0. The molecule has 0 aliphatic heterocycles. The highest BCUT2D eigenvalue weighted by Crippen LogP contribution is 2.28. The Balaban J connectivity index is 2.90. The van der Waals surface area contributed by atoms with E-state index in [1.807, 2.05) is 0 Å². The number of rotatable bonds is 4. The van der Waals surface area contributed by atoms with Crippen LogP contribution < -0.4 is 5.73 Å². The third kappa shape index (κ3) is 2.60. The van der Waals surface area contributed by atoms with Gasteiger partial charge in [0.05, 0.1) is 10.6 Å². The molecular weight excluding hydrogens is 246 g/mol. The van der Waals surface area contributed by atoms with Gasteiger partial charge in [0.1, 0.15) is 0 Å². The van der Waals surface area contributed by atoms with Crippen LogP contribution >= 0.6 is 11.3 Å². The molecule has 0 fully saturated rings. The van der Waals surface area contributed by atoms with E-state index in [2.05, 4.69) is 0 Å². The van der Waals surface area contributed by atoms with E-state index in [9.17, 15) is 22.4 Å². The molecule has 1 heterocycles. The number of carbonyl (C=O) groups is 1. The van der Waals surface area contributed by atoms with Gasteiger partial charge in [-0.15, -0.1) is 11.3 Å². The fourth-order valence-electron chi connectivity index (χ4n) is 0.853. The van der Waals surface area contributed by atoms with Crippen molar-refractivity contribution in [2.75, 3.05) is 0 Å². The highest BCUT2D eigenvalue weighted by molar-refractivity contribution is 7.12. The topological polar surface area (TPSA) is 43.1 Å². The highest BCUT2D eigenvalue weighted by atomic mass is 32.1. The van der Waals surface area contributed by atoms with Gasteiger partial charge in [-0.1, -0.05) is 6.07 Å². The van der Waals surface area contributed by atoms with E-state index in [0.29, 0.717) is 6.08 Å². The molecule has 0 radical (unpaired) electrons. The van der Waals surface area contributed by atoms with Crippen molar-refractivity contribution in [2.45, 2.75) is 12.3 Å². The Kier molecular flexibility index (Phi) is 3.69. The maximum Gasteiger partial charge on any atom is 0.346 e. The smallest absolute Gasteiger partial charge is 0.346 e. The molecule has 0 saturated carbocycles. The van der Waals surface area contributed by atoms with Gasteiger partial charge in [-0.3, -0.25) is 4.79 Å². The summed E-state index contributed by atoms with van der Waals surface area (Å²) in [5.74, 6) is -5.29. The predicted octanol–water partition coefficient (Wildman–Crippen LogP) is 2.67. The van der Waals surface area contributed by atoms with Crippen molar-refractivity contribution in [1.29, 1.82) is 0 Å². The fourth-order valence-corrected chi connectivity index (χ4v) is 1.49. The predicted molar refractivity (Wildman–Crippen MR) is 51.9 cm³/mol. The van der Waals surface area contributed by atoms with E-state index in [1.54, 1.807) is 5.38 Å². The molecule has 16 heavy (non-hydrogen) atoms. The Hall–Kier alpha value is -1.37. The molecule has 0 unspecified atom stereocenters. The summed E-state index contributed by atoms with van der Waals surface area (Å²) in [5.41, 5.74) is 3.34. The lowest BCUT2D eigenvalue weighted by Gasteiger charge is -2.14. The van der Waals surface area contributed by atoms with Gasteiger partial charge in [-0.25, -0.2) is 8.78 Å². The van der Waals surface area contributed by atoms with E-state index >= 15 is 0 Å². The number of hydrogen-bond donors (Lipinski definition) is 1. The summed E-state index contributed by atoms with van der Waals surface area (Å²) >= 11 is 1.01. The van der Waals surface area contributed by atoms with Crippen LogP contribution in [0.5, 0.6) is 0 Å². The normalized spacial score (nSPS) is 13.2. The summed E-state index contributed by atoms with van der Waals surface area (Å²) in [6.07, 6.45) is -3.60. The lowest BCUT2D eigenvalue weighted by molar-refractivity contribution is -0.100. The fraction of sp³-hybridized carbons (Fsp3) is 0.222. The van der Waals surface area contributed by atoms with Gasteiger partial charge in [0.2, 0.25) is 0 Å². The number of thiophene rings is 1. The SMILES string of the molecule is N/C(=C\C(=O)c1cccs1)C(F)(F)C(F)F. The van der Waals surface area contributed by atoms with Crippen molar-refractivity contribution < 1.29 is 22.4 Å². The van der Waals surface area contributed by atoms with Gasteiger partial charge < -0.3 is 5.73 Å². The minimum atomic E-state index is -4.48. The Morgan fingerprint density at radius 3 is 2.56 bits per heavy atom. The van der Waals surface area contributed by atoms with Crippen molar-refractivity contribution in [2.24, 2.45) is 5.73 Å². The molecule has 7 heteroatoms. The number of allylic oxidation sites excluding steroid dienone is 2. The summed E-state index contributed by atoms with van der Waals surface area (Å²) in [5, 5.41) is 1.56. The van der Waals surface area contributed by atoms with E-state index in [4.69, 9.17) is 5.73 Å². The first-order valence-corrected chi connectivity index (χ1v) is 4.95. The molecule has 0 saturated heterocycles.